The summed E-state index contributed by atoms with van der Waals surface area (Å²) >= 11 is 6.34. The number of nitriles is 1. The number of rotatable bonds is 6. The summed E-state index contributed by atoms with van der Waals surface area (Å²) in [5.74, 6) is -0.418. The molecule has 160 valence electrons. The predicted molar refractivity (Wildman–Crippen MR) is 124 cm³/mol. The number of hydrogen-bond acceptors (Lipinski definition) is 4. The number of urea groups is 1. The van der Waals surface area contributed by atoms with Crippen molar-refractivity contribution in [3.63, 3.8) is 0 Å². The molecular formula is C25H20ClN3O3. The maximum absolute atomic E-state index is 11.8. The molecule has 0 saturated heterocycles. The second-order valence-corrected chi connectivity index (χ2v) is 7.33. The summed E-state index contributed by atoms with van der Waals surface area (Å²) in [6.45, 7) is 2.38. The second kappa shape index (κ2) is 10.3. The van der Waals surface area contributed by atoms with Crippen LogP contribution in [0.1, 0.15) is 16.7 Å². The first-order valence-corrected chi connectivity index (χ1v) is 10.1. The standard InChI is InChI=1S/C25H20ClN3O3/c1-16-19(8-5-9-21(16)18-6-3-2-4-7-18)15-32-23-11-10-17(13-22(23)26)12-20(14-27)24(30)29-25(28)31/h2-13H,15H2,1H3,(H3,28,29,30,31). The lowest BCUT2D eigenvalue weighted by atomic mass is 9.97. The van der Waals surface area contributed by atoms with Gasteiger partial charge in [-0.1, -0.05) is 66.2 Å². The van der Waals surface area contributed by atoms with Gasteiger partial charge < -0.3 is 10.5 Å². The van der Waals surface area contributed by atoms with Crippen molar-refractivity contribution < 1.29 is 14.3 Å². The lowest BCUT2D eigenvalue weighted by molar-refractivity contribution is -0.115. The maximum atomic E-state index is 11.8. The number of nitrogens with two attached hydrogens (primary N) is 1. The fraction of sp³-hybridized carbons (Fsp3) is 0.0800. The Kier molecular flexibility index (Phi) is 7.27. The highest BCUT2D eigenvalue weighted by molar-refractivity contribution is 6.32. The van der Waals surface area contributed by atoms with Gasteiger partial charge in [0.15, 0.2) is 0 Å². The first kappa shape index (κ1) is 22.6. The van der Waals surface area contributed by atoms with Gasteiger partial charge in [-0.15, -0.1) is 0 Å². The first-order valence-electron chi connectivity index (χ1n) is 9.68. The minimum atomic E-state index is -1.04. The molecule has 6 nitrogen and oxygen atoms in total. The van der Waals surface area contributed by atoms with Crippen molar-refractivity contribution in [3.8, 4) is 22.9 Å². The Bertz CT molecular complexity index is 1230. The van der Waals surface area contributed by atoms with E-state index in [9.17, 15) is 9.59 Å². The van der Waals surface area contributed by atoms with E-state index in [1.54, 1.807) is 24.3 Å². The highest BCUT2D eigenvalue weighted by Gasteiger charge is 2.12. The molecule has 0 radical (unpaired) electrons. The van der Waals surface area contributed by atoms with Gasteiger partial charge in [-0.3, -0.25) is 10.1 Å². The Morgan fingerprint density at radius 1 is 1.12 bits per heavy atom. The van der Waals surface area contributed by atoms with Gasteiger partial charge in [0, 0.05) is 0 Å². The molecule has 0 bridgehead atoms. The van der Waals surface area contributed by atoms with E-state index in [-0.39, 0.29) is 5.57 Å². The van der Waals surface area contributed by atoms with E-state index in [1.165, 1.54) is 6.08 Å². The van der Waals surface area contributed by atoms with Gasteiger partial charge in [0.05, 0.1) is 5.02 Å². The predicted octanol–water partition coefficient (Wildman–Crippen LogP) is 5.00. The zero-order valence-electron chi connectivity index (χ0n) is 17.3. The van der Waals surface area contributed by atoms with Crippen molar-refractivity contribution in [2.24, 2.45) is 5.73 Å². The molecule has 0 aliphatic carbocycles. The molecule has 32 heavy (non-hydrogen) atoms. The number of hydrogen-bond donors (Lipinski definition) is 2. The Labute approximate surface area is 190 Å². The maximum Gasteiger partial charge on any atom is 0.319 e. The molecule has 0 aliphatic heterocycles. The second-order valence-electron chi connectivity index (χ2n) is 6.92. The quantitative estimate of drug-likeness (QED) is 0.411. The van der Waals surface area contributed by atoms with Crippen LogP contribution in [0.25, 0.3) is 17.2 Å². The zero-order valence-corrected chi connectivity index (χ0v) is 18.0. The van der Waals surface area contributed by atoms with Crippen LogP contribution in [-0.2, 0) is 11.4 Å². The van der Waals surface area contributed by atoms with E-state index in [1.807, 2.05) is 35.6 Å². The van der Waals surface area contributed by atoms with Gasteiger partial charge >= 0.3 is 6.03 Å². The van der Waals surface area contributed by atoms with Gasteiger partial charge in [-0.2, -0.15) is 5.26 Å². The monoisotopic (exact) mass is 445 g/mol. The van der Waals surface area contributed by atoms with Crippen molar-refractivity contribution >= 4 is 29.6 Å². The number of halogens is 1. The van der Waals surface area contributed by atoms with Crippen LogP contribution in [0, 0.1) is 18.3 Å². The molecule has 0 fully saturated rings. The van der Waals surface area contributed by atoms with Crippen molar-refractivity contribution in [1.82, 2.24) is 5.32 Å². The van der Waals surface area contributed by atoms with Crippen LogP contribution in [0.5, 0.6) is 5.75 Å². The number of benzene rings is 3. The van der Waals surface area contributed by atoms with E-state index in [0.29, 0.717) is 22.9 Å². The largest absolute Gasteiger partial charge is 0.487 e. The smallest absolute Gasteiger partial charge is 0.319 e. The van der Waals surface area contributed by atoms with Crippen molar-refractivity contribution in [1.29, 1.82) is 5.26 Å². The third-order valence-electron chi connectivity index (χ3n) is 4.78. The summed E-state index contributed by atoms with van der Waals surface area (Å²) in [6, 6.07) is 21.8. The van der Waals surface area contributed by atoms with Gasteiger partial charge in [-0.05, 0) is 52.9 Å². The van der Waals surface area contributed by atoms with Crippen LogP contribution in [0.4, 0.5) is 4.79 Å². The molecule has 3 rings (SSSR count). The summed E-state index contributed by atoms with van der Waals surface area (Å²) in [6.07, 6.45) is 1.31. The van der Waals surface area contributed by atoms with Crippen LogP contribution in [0.2, 0.25) is 5.02 Å². The highest BCUT2D eigenvalue weighted by atomic mass is 35.5. The van der Waals surface area contributed by atoms with Gasteiger partial charge in [0.25, 0.3) is 5.91 Å². The third-order valence-corrected chi connectivity index (χ3v) is 5.08. The summed E-state index contributed by atoms with van der Waals surface area (Å²) in [5, 5.41) is 11.3. The van der Waals surface area contributed by atoms with E-state index >= 15 is 0 Å². The number of nitrogens with zero attached hydrogens (tertiary/aromatic N) is 1. The number of imide groups is 1. The minimum absolute atomic E-state index is 0.276. The summed E-state index contributed by atoms with van der Waals surface area (Å²) in [7, 11) is 0. The van der Waals surface area contributed by atoms with Crippen LogP contribution >= 0.6 is 11.6 Å². The number of nitrogens with one attached hydrogen (secondary N) is 1. The highest BCUT2D eigenvalue weighted by Crippen LogP contribution is 2.29. The normalized spacial score (nSPS) is 10.8. The SMILES string of the molecule is Cc1c(COc2ccc(C=C(C#N)C(=O)NC(N)=O)cc2Cl)cccc1-c1ccccc1. The van der Waals surface area contributed by atoms with E-state index < -0.39 is 11.9 Å². The number of carbonyl (C=O) groups excluding carboxylic acids is 2. The fourth-order valence-corrected chi connectivity index (χ4v) is 3.39. The number of primary amides is 1. The number of amides is 3. The van der Waals surface area contributed by atoms with Gasteiger partial charge in [-0.25, -0.2) is 4.79 Å². The van der Waals surface area contributed by atoms with E-state index in [0.717, 1.165) is 22.3 Å². The molecule has 0 heterocycles. The molecule has 3 N–H and O–H groups in total. The molecule has 7 heteroatoms. The lowest BCUT2D eigenvalue weighted by Crippen LogP contribution is -2.35. The van der Waals surface area contributed by atoms with Crippen molar-refractivity contribution in [3.05, 3.63) is 94.0 Å². The topological polar surface area (TPSA) is 105 Å². The Balaban J connectivity index is 1.76. The average molecular weight is 446 g/mol. The minimum Gasteiger partial charge on any atom is -0.487 e. The number of carbonyl (C=O) groups is 2. The lowest BCUT2D eigenvalue weighted by Gasteiger charge is -2.14. The van der Waals surface area contributed by atoms with Crippen molar-refractivity contribution in [2.45, 2.75) is 13.5 Å². The summed E-state index contributed by atoms with van der Waals surface area (Å²) in [5.41, 5.74) is 9.55. The van der Waals surface area contributed by atoms with E-state index in [2.05, 4.69) is 25.1 Å². The van der Waals surface area contributed by atoms with Crippen LogP contribution < -0.4 is 15.8 Å². The molecule has 0 saturated carbocycles. The fourth-order valence-electron chi connectivity index (χ4n) is 3.14. The van der Waals surface area contributed by atoms with Crippen LogP contribution in [-0.4, -0.2) is 11.9 Å². The average Bonchev–Trinajstić information content (AvgIpc) is 2.77. The number of ether oxygens (including phenoxy) is 1. The Morgan fingerprint density at radius 2 is 1.88 bits per heavy atom. The molecule has 3 amide bonds. The molecule has 3 aromatic rings. The molecule has 0 atom stereocenters. The summed E-state index contributed by atoms with van der Waals surface area (Å²) < 4.78 is 5.92. The molecule has 0 aliphatic rings. The Morgan fingerprint density at radius 3 is 2.53 bits per heavy atom. The molecule has 0 spiro atoms. The van der Waals surface area contributed by atoms with Crippen molar-refractivity contribution in [2.75, 3.05) is 0 Å². The third kappa shape index (κ3) is 5.54. The van der Waals surface area contributed by atoms with Gasteiger partial charge in [0.2, 0.25) is 0 Å². The van der Waals surface area contributed by atoms with Gasteiger partial charge in [0.1, 0.15) is 24.0 Å². The Hall–Kier alpha value is -4.08. The summed E-state index contributed by atoms with van der Waals surface area (Å²) in [4.78, 5) is 22.6. The molecular weight excluding hydrogens is 426 g/mol. The van der Waals surface area contributed by atoms with Crippen LogP contribution in [0.3, 0.4) is 0 Å². The molecule has 0 aromatic heterocycles. The molecule has 3 aromatic carbocycles. The first-order chi connectivity index (χ1) is 15.4. The molecule has 0 unspecified atom stereocenters. The van der Waals surface area contributed by atoms with E-state index in [4.69, 9.17) is 27.3 Å². The van der Waals surface area contributed by atoms with Crippen LogP contribution in [0.15, 0.2) is 72.3 Å². The zero-order chi connectivity index (χ0) is 23.1.